The fourth-order valence-electron chi connectivity index (χ4n) is 3.08. The van der Waals surface area contributed by atoms with Crippen LogP contribution in [0.4, 0.5) is 0 Å². The second kappa shape index (κ2) is 10.5. The zero-order chi connectivity index (χ0) is 20.5. The van der Waals surface area contributed by atoms with E-state index in [0.717, 1.165) is 24.2 Å². The molecule has 3 heteroatoms. The van der Waals surface area contributed by atoms with E-state index in [9.17, 15) is 0 Å². The van der Waals surface area contributed by atoms with Crippen molar-refractivity contribution in [2.45, 2.75) is 39.4 Å². The molecule has 0 radical (unpaired) electrons. The molecule has 0 bridgehead atoms. The van der Waals surface area contributed by atoms with Gasteiger partial charge in [-0.2, -0.15) is 5.26 Å². The molecule has 0 aromatic heterocycles. The van der Waals surface area contributed by atoms with Crippen molar-refractivity contribution in [3.63, 3.8) is 0 Å². The smallest absolute Gasteiger partial charge is 0.127 e. The first kappa shape index (κ1) is 20.6. The standard InChI is InChI=1S/C26H27NO2/c1-3-20(2)17-26(23-7-5-4-6-8-23)28-19-22-11-15-25(16-12-22)29-24-13-9-21(18-27)10-14-24/h4-16,20,26H,3,17,19H2,1-2H3/t20-,26-/m0/s1. The van der Waals surface area contributed by atoms with Crippen molar-refractivity contribution in [1.29, 1.82) is 5.26 Å². The topological polar surface area (TPSA) is 42.2 Å². The average molecular weight is 386 g/mol. The van der Waals surface area contributed by atoms with Gasteiger partial charge < -0.3 is 9.47 Å². The minimum absolute atomic E-state index is 0.0979. The van der Waals surface area contributed by atoms with E-state index >= 15 is 0 Å². The van der Waals surface area contributed by atoms with E-state index in [-0.39, 0.29) is 6.10 Å². The first-order chi connectivity index (χ1) is 14.2. The van der Waals surface area contributed by atoms with Gasteiger partial charge in [-0.15, -0.1) is 0 Å². The van der Waals surface area contributed by atoms with Crippen LogP contribution < -0.4 is 4.74 Å². The Labute approximate surface area is 173 Å². The summed E-state index contributed by atoms with van der Waals surface area (Å²) in [5.74, 6) is 2.09. The molecule has 0 aliphatic heterocycles. The Morgan fingerprint density at radius 1 is 0.862 bits per heavy atom. The molecular formula is C26H27NO2. The summed E-state index contributed by atoms with van der Waals surface area (Å²) in [7, 11) is 0. The van der Waals surface area contributed by atoms with Crippen LogP contribution in [-0.2, 0) is 11.3 Å². The molecule has 3 aromatic carbocycles. The van der Waals surface area contributed by atoms with Gasteiger partial charge in [0.2, 0.25) is 0 Å². The third kappa shape index (κ3) is 6.20. The third-order valence-corrected chi connectivity index (χ3v) is 5.08. The maximum atomic E-state index is 8.87. The predicted octanol–water partition coefficient (Wildman–Crippen LogP) is 7.04. The number of ether oxygens (including phenoxy) is 2. The van der Waals surface area contributed by atoms with E-state index in [1.165, 1.54) is 5.56 Å². The van der Waals surface area contributed by atoms with Crippen LogP contribution in [0.25, 0.3) is 0 Å². The van der Waals surface area contributed by atoms with Crippen LogP contribution in [0.3, 0.4) is 0 Å². The van der Waals surface area contributed by atoms with Crippen molar-refractivity contribution >= 4 is 0 Å². The highest BCUT2D eigenvalue weighted by Crippen LogP contribution is 2.28. The maximum absolute atomic E-state index is 8.87. The van der Waals surface area contributed by atoms with E-state index < -0.39 is 0 Å². The van der Waals surface area contributed by atoms with Crippen LogP contribution in [0.1, 0.15) is 49.5 Å². The first-order valence-electron chi connectivity index (χ1n) is 10.1. The molecule has 148 valence electrons. The molecule has 2 atom stereocenters. The van der Waals surface area contributed by atoms with Gasteiger partial charge in [-0.1, -0.05) is 62.7 Å². The van der Waals surface area contributed by atoms with Crippen LogP contribution in [0, 0.1) is 17.2 Å². The molecule has 29 heavy (non-hydrogen) atoms. The van der Waals surface area contributed by atoms with E-state index in [2.05, 4.69) is 44.2 Å². The van der Waals surface area contributed by atoms with Gasteiger partial charge >= 0.3 is 0 Å². The van der Waals surface area contributed by atoms with Crippen molar-refractivity contribution in [3.05, 3.63) is 95.6 Å². The van der Waals surface area contributed by atoms with Crippen LogP contribution in [0.2, 0.25) is 0 Å². The third-order valence-electron chi connectivity index (χ3n) is 5.08. The molecule has 3 rings (SSSR count). The Hall–Kier alpha value is -3.09. The summed E-state index contributed by atoms with van der Waals surface area (Å²) >= 11 is 0. The Bertz CT molecular complexity index is 912. The Morgan fingerprint density at radius 2 is 1.48 bits per heavy atom. The van der Waals surface area contributed by atoms with Crippen molar-refractivity contribution in [2.24, 2.45) is 5.92 Å². The monoisotopic (exact) mass is 385 g/mol. The lowest BCUT2D eigenvalue weighted by molar-refractivity contribution is 0.0240. The molecule has 0 saturated carbocycles. The van der Waals surface area contributed by atoms with Gasteiger partial charge in [0.15, 0.2) is 0 Å². The van der Waals surface area contributed by atoms with Crippen LogP contribution in [0.15, 0.2) is 78.9 Å². The highest BCUT2D eigenvalue weighted by molar-refractivity contribution is 5.37. The highest BCUT2D eigenvalue weighted by atomic mass is 16.5. The Kier molecular flexibility index (Phi) is 7.44. The highest BCUT2D eigenvalue weighted by Gasteiger charge is 2.15. The van der Waals surface area contributed by atoms with E-state index in [4.69, 9.17) is 14.7 Å². The fourth-order valence-corrected chi connectivity index (χ4v) is 3.08. The van der Waals surface area contributed by atoms with E-state index in [1.54, 1.807) is 24.3 Å². The molecule has 0 heterocycles. The number of nitriles is 1. The van der Waals surface area contributed by atoms with Gasteiger partial charge in [-0.25, -0.2) is 0 Å². The molecule has 0 saturated heterocycles. The number of hydrogen-bond donors (Lipinski definition) is 0. The summed E-state index contributed by atoms with van der Waals surface area (Å²) < 4.78 is 12.1. The lowest BCUT2D eigenvalue weighted by atomic mass is 9.96. The molecule has 0 fully saturated rings. The zero-order valence-electron chi connectivity index (χ0n) is 17.0. The molecule has 3 nitrogen and oxygen atoms in total. The number of nitrogens with zero attached hydrogens (tertiary/aromatic N) is 1. The lowest BCUT2D eigenvalue weighted by Crippen LogP contribution is -2.09. The summed E-state index contributed by atoms with van der Waals surface area (Å²) in [6.45, 7) is 5.06. The summed E-state index contributed by atoms with van der Waals surface area (Å²) in [4.78, 5) is 0. The molecule has 0 N–H and O–H groups in total. The number of hydrogen-bond acceptors (Lipinski definition) is 3. The predicted molar refractivity (Wildman–Crippen MR) is 116 cm³/mol. The molecule has 0 aliphatic carbocycles. The minimum atomic E-state index is 0.0979. The molecule has 0 spiro atoms. The van der Waals surface area contributed by atoms with Gasteiger partial charge in [-0.05, 0) is 59.9 Å². The number of rotatable bonds is 9. The summed E-state index contributed by atoms with van der Waals surface area (Å²) in [5, 5.41) is 8.87. The summed E-state index contributed by atoms with van der Waals surface area (Å²) in [5.41, 5.74) is 2.96. The molecule has 3 aromatic rings. The fraction of sp³-hybridized carbons (Fsp3) is 0.269. The summed E-state index contributed by atoms with van der Waals surface area (Å²) in [6, 6.07) is 27.6. The van der Waals surface area contributed by atoms with Gasteiger partial charge in [0.1, 0.15) is 11.5 Å². The lowest BCUT2D eigenvalue weighted by Gasteiger charge is -2.21. The second-order valence-corrected chi connectivity index (χ2v) is 7.34. The van der Waals surface area contributed by atoms with Gasteiger partial charge in [-0.3, -0.25) is 0 Å². The van der Waals surface area contributed by atoms with Crippen molar-refractivity contribution in [1.82, 2.24) is 0 Å². The largest absolute Gasteiger partial charge is 0.457 e. The van der Waals surface area contributed by atoms with Crippen molar-refractivity contribution in [3.8, 4) is 17.6 Å². The SMILES string of the molecule is CC[C@H](C)C[C@H](OCc1ccc(Oc2ccc(C#N)cc2)cc1)c1ccccc1. The van der Waals surface area contributed by atoms with Crippen LogP contribution in [0.5, 0.6) is 11.5 Å². The van der Waals surface area contributed by atoms with Gasteiger partial charge in [0, 0.05) is 0 Å². The molecule has 0 aliphatic rings. The maximum Gasteiger partial charge on any atom is 0.127 e. The molecule has 0 unspecified atom stereocenters. The second-order valence-electron chi connectivity index (χ2n) is 7.34. The Morgan fingerprint density at radius 3 is 2.07 bits per heavy atom. The van der Waals surface area contributed by atoms with E-state index in [1.807, 2.05) is 30.3 Å². The minimum Gasteiger partial charge on any atom is -0.457 e. The molecular weight excluding hydrogens is 358 g/mol. The van der Waals surface area contributed by atoms with Crippen molar-refractivity contribution in [2.75, 3.05) is 0 Å². The van der Waals surface area contributed by atoms with Gasteiger partial charge in [0.25, 0.3) is 0 Å². The van der Waals surface area contributed by atoms with Crippen LogP contribution in [-0.4, -0.2) is 0 Å². The normalized spacial score (nSPS) is 12.7. The average Bonchev–Trinajstić information content (AvgIpc) is 2.78. The summed E-state index contributed by atoms with van der Waals surface area (Å²) in [6.07, 6.45) is 2.26. The first-order valence-corrected chi connectivity index (χ1v) is 10.1. The van der Waals surface area contributed by atoms with Crippen LogP contribution >= 0.6 is 0 Å². The van der Waals surface area contributed by atoms with Crippen molar-refractivity contribution < 1.29 is 9.47 Å². The number of benzene rings is 3. The Balaban J connectivity index is 1.60. The van der Waals surface area contributed by atoms with E-state index in [0.29, 0.717) is 23.8 Å². The quantitative estimate of drug-likeness (QED) is 0.396. The van der Waals surface area contributed by atoms with Gasteiger partial charge in [0.05, 0.1) is 24.3 Å². The molecule has 0 amide bonds. The zero-order valence-corrected chi connectivity index (χ0v) is 17.0.